The zero-order valence-electron chi connectivity index (χ0n) is 10.3. The summed E-state index contributed by atoms with van der Waals surface area (Å²) < 4.78 is 9.48. The lowest BCUT2D eigenvalue weighted by Crippen LogP contribution is -2.45. The number of carbonyl (C=O) groups is 2. The van der Waals surface area contributed by atoms with Crippen molar-refractivity contribution in [2.24, 2.45) is 11.3 Å². The van der Waals surface area contributed by atoms with Crippen molar-refractivity contribution in [1.82, 2.24) is 0 Å². The molecule has 1 rings (SSSR count). The first-order valence-electron chi connectivity index (χ1n) is 5.46. The minimum absolute atomic E-state index is 0.0504. The van der Waals surface area contributed by atoms with Gasteiger partial charge >= 0.3 is 11.9 Å². The number of carbonyl (C=O) groups excluding carboxylic acids is 2. The van der Waals surface area contributed by atoms with Crippen LogP contribution in [0, 0.1) is 11.3 Å². The number of hydrogen-bond acceptors (Lipinski definition) is 4. The van der Waals surface area contributed by atoms with Gasteiger partial charge in [0.05, 0.1) is 14.2 Å². The molecule has 0 radical (unpaired) electrons. The lowest BCUT2D eigenvalue weighted by atomic mass is 9.68. The van der Waals surface area contributed by atoms with Crippen molar-refractivity contribution >= 4 is 11.9 Å². The normalized spacial score (nSPS) is 22.7. The van der Waals surface area contributed by atoms with Crippen molar-refractivity contribution in [3.05, 3.63) is 24.8 Å². The van der Waals surface area contributed by atoms with E-state index in [1.807, 2.05) is 0 Å². The zero-order chi connectivity index (χ0) is 13.1. The number of hydrogen-bond donors (Lipinski definition) is 0. The third kappa shape index (κ3) is 2.40. The number of esters is 2. The molecule has 0 N–H and O–H groups in total. The van der Waals surface area contributed by atoms with Crippen molar-refractivity contribution < 1.29 is 19.1 Å². The molecule has 0 aromatic rings. The van der Waals surface area contributed by atoms with E-state index in [1.165, 1.54) is 14.2 Å². The van der Waals surface area contributed by atoms with Gasteiger partial charge in [-0.2, -0.15) is 0 Å². The minimum Gasteiger partial charge on any atom is -0.468 e. The molecule has 0 amide bonds. The van der Waals surface area contributed by atoms with Crippen LogP contribution in [-0.4, -0.2) is 26.2 Å². The molecule has 0 saturated heterocycles. The summed E-state index contributed by atoms with van der Waals surface area (Å²) in [7, 11) is 2.54. The van der Waals surface area contributed by atoms with Crippen LogP contribution in [0.2, 0.25) is 0 Å². The van der Waals surface area contributed by atoms with Gasteiger partial charge in [0.1, 0.15) is 0 Å². The molecule has 1 aliphatic carbocycles. The smallest absolute Gasteiger partial charge is 0.323 e. The van der Waals surface area contributed by atoms with E-state index in [9.17, 15) is 9.59 Å². The molecule has 17 heavy (non-hydrogen) atoms. The van der Waals surface area contributed by atoms with Gasteiger partial charge in [-0.1, -0.05) is 18.2 Å². The molecule has 4 heteroatoms. The third-order valence-electron chi connectivity index (χ3n) is 3.20. The molecule has 1 atom stereocenters. The summed E-state index contributed by atoms with van der Waals surface area (Å²) in [6.07, 6.45) is 3.15. The minimum atomic E-state index is -1.25. The van der Waals surface area contributed by atoms with E-state index in [2.05, 4.69) is 13.2 Å². The number of methoxy groups -OCH3 is 2. The van der Waals surface area contributed by atoms with Crippen LogP contribution >= 0.6 is 0 Å². The lowest BCUT2D eigenvalue weighted by molar-refractivity contribution is -0.171. The van der Waals surface area contributed by atoms with E-state index in [1.54, 1.807) is 6.08 Å². The maximum Gasteiger partial charge on any atom is 0.323 e. The first-order valence-corrected chi connectivity index (χ1v) is 5.46. The van der Waals surface area contributed by atoms with Gasteiger partial charge < -0.3 is 9.47 Å². The highest BCUT2D eigenvalue weighted by atomic mass is 16.5. The Labute approximate surface area is 101 Å². The maximum atomic E-state index is 11.9. The molecule has 0 bridgehead atoms. The summed E-state index contributed by atoms with van der Waals surface area (Å²) in [6, 6.07) is 0. The van der Waals surface area contributed by atoms with Gasteiger partial charge in [-0.05, 0) is 25.2 Å². The van der Waals surface area contributed by atoms with Crippen LogP contribution < -0.4 is 0 Å². The second-order valence-corrected chi connectivity index (χ2v) is 4.40. The Balaban J connectivity index is 3.12. The van der Waals surface area contributed by atoms with Crippen molar-refractivity contribution in [1.29, 1.82) is 0 Å². The van der Waals surface area contributed by atoms with Gasteiger partial charge in [0.15, 0.2) is 5.41 Å². The van der Waals surface area contributed by atoms with Crippen LogP contribution in [0.4, 0.5) is 0 Å². The second kappa shape index (κ2) is 5.17. The Hall–Kier alpha value is -1.58. The van der Waals surface area contributed by atoms with E-state index in [0.29, 0.717) is 6.42 Å². The van der Waals surface area contributed by atoms with E-state index in [-0.39, 0.29) is 12.3 Å². The van der Waals surface area contributed by atoms with Crippen LogP contribution in [0.25, 0.3) is 0 Å². The third-order valence-corrected chi connectivity index (χ3v) is 3.20. The Morgan fingerprint density at radius 3 is 2.29 bits per heavy atom. The highest BCUT2D eigenvalue weighted by Gasteiger charge is 2.51. The standard InChI is InChI=1S/C13H18O4/c1-5-10-6-9(2)7-13(8-10,11(14)16-3)12(15)17-4/h5,10H,1-2,6-8H2,3-4H3. The molecule has 1 unspecified atom stereocenters. The van der Waals surface area contributed by atoms with Gasteiger partial charge in [0.2, 0.25) is 0 Å². The molecule has 1 aliphatic rings. The lowest BCUT2D eigenvalue weighted by Gasteiger charge is -2.36. The molecule has 1 saturated carbocycles. The van der Waals surface area contributed by atoms with Crippen LogP contribution in [-0.2, 0) is 19.1 Å². The fraction of sp³-hybridized carbons (Fsp3) is 0.538. The first-order chi connectivity index (χ1) is 8.00. The number of rotatable bonds is 3. The van der Waals surface area contributed by atoms with Gasteiger partial charge in [-0.3, -0.25) is 9.59 Å². The van der Waals surface area contributed by atoms with Gasteiger partial charge in [0, 0.05) is 0 Å². The van der Waals surface area contributed by atoms with Crippen LogP contribution in [0.1, 0.15) is 19.3 Å². The average molecular weight is 238 g/mol. The highest BCUT2D eigenvalue weighted by Crippen LogP contribution is 2.43. The fourth-order valence-corrected chi connectivity index (χ4v) is 2.41. The van der Waals surface area contributed by atoms with Crippen LogP contribution in [0.15, 0.2) is 24.8 Å². The molecule has 4 nitrogen and oxygen atoms in total. The number of allylic oxidation sites excluding steroid dienone is 2. The summed E-state index contributed by atoms with van der Waals surface area (Å²) in [5, 5.41) is 0. The van der Waals surface area contributed by atoms with E-state index >= 15 is 0 Å². The molecule has 0 aromatic carbocycles. The zero-order valence-corrected chi connectivity index (χ0v) is 10.3. The topological polar surface area (TPSA) is 52.6 Å². The van der Waals surface area contributed by atoms with Crippen molar-refractivity contribution in [2.45, 2.75) is 19.3 Å². The molecule has 1 fully saturated rings. The highest BCUT2D eigenvalue weighted by molar-refractivity contribution is 6.00. The Morgan fingerprint density at radius 1 is 1.35 bits per heavy atom. The molecule has 0 aliphatic heterocycles. The summed E-state index contributed by atoms with van der Waals surface area (Å²) in [5.74, 6) is -1.07. The predicted octanol–water partition coefficient (Wildman–Crippen LogP) is 1.86. The molecule has 0 aromatic heterocycles. The molecule has 94 valence electrons. The van der Waals surface area contributed by atoms with Crippen molar-refractivity contribution in [3.63, 3.8) is 0 Å². The summed E-state index contributed by atoms with van der Waals surface area (Å²) in [4.78, 5) is 23.8. The Bertz CT molecular complexity index is 340. The quantitative estimate of drug-likeness (QED) is 0.428. The van der Waals surface area contributed by atoms with Gasteiger partial charge in [-0.25, -0.2) is 0 Å². The fourth-order valence-electron chi connectivity index (χ4n) is 2.41. The maximum absolute atomic E-state index is 11.9. The monoisotopic (exact) mass is 238 g/mol. The van der Waals surface area contributed by atoms with E-state index in [0.717, 1.165) is 12.0 Å². The second-order valence-electron chi connectivity index (χ2n) is 4.40. The van der Waals surface area contributed by atoms with Crippen molar-refractivity contribution in [2.75, 3.05) is 14.2 Å². The number of ether oxygens (including phenoxy) is 2. The molecular formula is C13H18O4. The molecule has 0 spiro atoms. The SMILES string of the molecule is C=CC1CC(=C)CC(C(=O)OC)(C(=O)OC)C1. The molecular weight excluding hydrogens is 220 g/mol. The van der Waals surface area contributed by atoms with Crippen molar-refractivity contribution in [3.8, 4) is 0 Å². The predicted molar refractivity (Wildman–Crippen MR) is 63.1 cm³/mol. The summed E-state index contributed by atoms with van der Waals surface area (Å²) in [5.41, 5.74) is -0.408. The summed E-state index contributed by atoms with van der Waals surface area (Å²) >= 11 is 0. The first kappa shape index (κ1) is 13.5. The molecule has 0 heterocycles. The van der Waals surface area contributed by atoms with E-state index in [4.69, 9.17) is 9.47 Å². The largest absolute Gasteiger partial charge is 0.468 e. The van der Waals surface area contributed by atoms with Gasteiger partial charge in [0.25, 0.3) is 0 Å². The van der Waals surface area contributed by atoms with Crippen LogP contribution in [0.3, 0.4) is 0 Å². The van der Waals surface area contributed by atoms with Gasteiger partial charge in [-0.15, -0.1) is 6.58 Å². The van der Waals surface area contributed by atoms with Crippen LogP contribution in [0.5, 0.6) is 0 Å². The Morgan fingerprint density at radius 2 is 1.88 bits per heavy atom. The Kier molecular flexibility index (Phi) is 4.10. The average Bonchev–Trinajstić information content (AvgIpc) is 2.35. The summed E-state index contributed by atoms with van der Waals surface area (Å²) in [6.45, 7) is 7.59. The van der Waals surface area contributed by atoms with E-state index < -0.39 is 17.4 Å².